The SMILES string of the molecule is O=C(O)C(=O)N(C=Cc1cnccn1)c1ccccc1. The third kappa shape index (κ3) is 3.26. The highest BCUT2D eigenvalue weighted by molar-refractivity contribution is 6.37. The molecule has 1 aromatic heterocycles. The number of hydrogen-bond acceptors (Lipinski definition) is 4. The van der Waals surface area contributed by atoms with Crippen LogP contribution in [0.5, 0.6) is 0 Å². The van der Waals surface area contributed by atoms with Crippen molar-refractivity contribution < 1.29 is 14.7 Å². The second kappa shape index (κ2) is 6.24. The van der Waals surface area contributed by atoms with Crippen molar-refractivity contribution in [1.29, 1.82) is 0 Å². The summed E-state index contributed by atoms with van der Waals surface area (Å²) in [6, 6.07) is 8.49. The predicted octanol–water partition coefficient (Wildman–Crippen LogP) is 1.57. The van der Waals surface area contributed by atoms with Gasteiger partial charge in [-0.2, -0.15) is 0 Å². The molecular weight excluding hydrogens is 258 g/mol. The summed E-state index contributed by atoms with van der Waals surface area (Å²) < 4.78 is 0. The molecule has 6 nitrogen and oxygen atoms in total. The molecule has 0 bridgehead atoms. The fraction of sp³-hybridized carbons (Fsp3) is 0. The number of carbonyl (C=O) groups excluding carboxylic acids is 1. The van der Waals surface area contributed by atoms with Crippen molar-refractivity contribution in [2.75, 3.05) is 4.90 Å². The smallest absolute Gasteiger partial charge is 0.395 e. The van der Waals surface area contributed by atoms with E-state index < -0.39 is 11.9 Å². The number of aliphatic carboxylic acids is 1. The highest BCUT2D eigenvalue weighted by Crippen LogP contribution is 2.15. The Kier molecular flexibility index (Phi) is 4.18. The van der Waals surface area contributed by atoms with Gasteiger partial charge in [-0.3, -0.25) is 19.7 Å². The van der Waals surface area contributed by atoms with Crippen LogP contribution >= 0.6 is 0 Å². The van der Waals surface area contributed by atoms with E-state index in [9.17, 15) is 9.59 Å². The van der Waals surface area contributed by atoms with Crippen molar-refractivity contribution in [3.8, 4) is 0 Å². The molecule has 0 saturated heterocycles. The first-order valence-electron chi connectivity index (χ1n) is 5.74. The zero-order valence-electron chi connectivity index (χ0n) is 10.4. The van der Waals surface area contributed by atoms with Crippen LogP contribution in [-0.4, -0.2) is 27.0 Å². The van der Waals surface area contributed by atoms with Crippen LogP contribution in [0.25, 0.3) is 6.08 Å². The van der Waals surface area contributed by atoms with Crippen molar-refractivity contribution >= 4 is 23.6 Å². The van der Waals surface area contributed by atoms with Crippen molar-refractivity contribution in [1.82, 2.24) is 9.97 Å². The maximum Gasteiger partial charge on any atom is 0.395 e. The molecule has 0 aliphatic rings. The minimum atomic E-state index is -1.53. The highest BCUT2D eigenvalue weighted by Gasteiger charge is 2.20. The monoisotopic (exact) mass is 269 g/mol. The number of benzene rings is 1. The summed E-state index contributed by atoms with van der Waals surface area (Å²) in [7, 11) is 0. The number of carboxylic acid groups (broad SMARTS) is 1. The molecule has 0 atom stereocenters. The first-order chi connectivity index (χ1) is 9.68. The Balaban J connectivity index is 2.31. The fourth-order valence-electron chi connectivity index (χ4n) is 1.51. The standard InChI is InChI=1S/C14H11N3O3/c18-13(14(19)20)17(12-4-2-1-3-5-12)9-6-11-10-15-7-8-16-11/h1-10H,(H,19,20). The largest absolute Gasteiger partial charge is 0.474 e. The minimum Gasteiger partial charge on any atom is -0.474 e. The van der Waals surface area contributed by atoms with Gasteiger partial charge in [0.05, 0.1) is 11.9 Å². The predicted molar refractivity (Wildman–Crippen MR) is 72.6 cm³/mol. The summed E-state index contributed by atoms with van der Waals surface area (Å²) in [6.45, 7) is 0. The van der Waals surface area contributed by atoms with Gasteiger partial charge in [0.25, 0.3) is 0 Å². The minimum absolute atomic E-state index is 0.458. The average Bonchev–Trinajstić information content (AvgIpc) is 2.49. The third-order valence-corrected chi connectivity index (χ3v) is 2.41. The van der Waals surface area contributed by atoms with Gasteiger partial charge in [-0.1, -0.05) is 18.2 Å². The number of anilines is 1. The molecule has 1 heterocycles. The molecule has 0 aliphatic carbocycles. The van der Waals surface area contributed by atoms with Crippen LogP contribution in [0, 0.1) is 0 Å². The van der Waals surface area contributed by atoms with Gasteiger partial charge in [-0.05, 0) is 18.2 Å². The Bertz CT molecular complexity index is 627. The van der Waals surface area contributed by atoms with Crippen LogP contribution in [0.15, 0.2) is 55.1 Å². The van der Waals surface area contributed by atoms with Crippen molar-refractivity contribution in [3.63, 3.8) is 0 Å². The maximum absolute atomic E-state index is 11.7. The molecule has 0 spiro atoms. The molecule has 2 aromatic rings. The number of carbonyl (C=O) groups is 2. The fourth-order valence-corrected chi connectivity index (χ4v) is 1.51. The maximum atomic E-state index is 11.7. The molecule has 0 saturated carbocycles. The van der Waals surface area contributed by atoms with Crippen LogP contribution in [0.1, 0.15) is 5.69 Å². The van der Waals surface area contributed by atoms with Crippen LogP contribution in [-0.2, 0) is 9.59 Å². The van der Waals surface area contributed by atoms with Crippen LogP contribution in [0.3, 0.4) is 0 Å². The lowest BCUT2D eigenvalue weighted by Gasteiger charge is -2.15. The highest BCUT2D eigenvalue weighted by atomic mass is 16.4. The number of rotatable bonds is 3. The first-order valence-corrected chi connectivity index (χ1v) is 5.74. The van der Waals surface area contributed by atoms with E-state index in [0.717, 1.165) is 4.90 Å². The summed E-state index contributed by atoms with van der Waals surface area (Å²) in [5, 5.41) is 8.86. The Morgan fingerprint density at radius 2 is 1.90 bits per heavy atom. The summed E-state index contributed by atoms with van der Waals surface area (Å²) in [5.41, 5.74) is 0.978. The van der Waals surface area contributed by atoms with Gasteiger partial charge in [0.2, 0.25) is 0 Å². The second-order valence-electron chi connectivity index (χ2n) is 3.76. The van der Waals surface area contributed by atoms with Crippen LogP contribution in [0.4, 0.5) is 5.69 Å². The molecule has 0 radical (unpaired) electrons. The Hall–Kier alpha value is -3.02. The zero-order chi connectivity index (χ0) is 14.4. The van der Waals surface area contributed by atoms with Gasteiger partial charge in [-0.25, -0.2) is 4.79 Å². The Labute approximate surface area is 115 Å². The Morgan fingerprint density at radius 3 is 2.50 bits per heavy atom. The summed E-state index contributed by atoms with van der Waals surface area (Å²) in [5.74, 6) is -2.58. The van der Waals surface area contributed by atoms with E-state index >= 15 is 0 Å². The molecule has 100 valence electrons. The van der Waals surface area contributed by atoms with Gasteiger partial charge in [0.15, 0.2) is 0 Å². The number of nitrogens with zero attached hydrogens (tertiary/aromatic N) is 3. The second-order valence-corrected chi connectivity index (χ2v) is 3.76. The molecular formula is C14H11N3O3. The first kappa shape index (κ1) is 13.4. The van der Waals surface area contributed by atoms with Crippen LogP contribution in [0.2, 0.25) is 0 Å². The molecule has 1 amide bonds. The lowest BCUT2D eigenvalue weighted by atomic mass is 10.3. The van der Waals surface area contributed by atoms with E-state index in [1.165, 1.54) is 30.9 Å². The van der Waals surface area contributed by atoms with E-state index in [4.69, 9.17) is 5.11 Å². The molecule has 20 heavy (non-hydrogen) atoms. The molecule has 0 fully saturated rings. The van der Waals surface area contributed by atoms with Gasteiger partial charge in [-0.15, -0.1) is 0 Å². The van der Waals surface area contributed by atoms with E-state index in [2.05, 4.69) is 9.97 Å². The van der Waals surface area contributed by atoms with Gasteiger partial charge in [0.1, 0.15) is 0 Å². The lowest BCUT2D eigenvalue weighted by molar-refractivity contribution is -0.148. The van der Waals surface area contributed by atoms with E-state index in [-0.39, 0.29) is 0 Å². The van der Waals surface area contributed by atoms with E-state index in [1.807, 2.05) is 0 Å². The number of aromatic nitrogens is 2. The van der Waals surface area contributed by atoms with Crippen molar-refractivity contribution in [2.45, 2.75) is 0 Å². The average molecular weight is 269 g/mol. The molecule has 0 aliphatic heterocycles. The van der Waals surface area contributed by atoms with Crippen molar-refractivity contribution in [2.24, 2.45) is 0 Å². The number of hydrogen-bond donors (Lipinski definition) is 1. The summed E-state index contributed by atoms with van der Waals surface area (Å²) in [6.07, 6.45) is 7.40. The molecule has 2 rings (SSSR count). The molecule has 6 heteroatoms. The van der Waals surface area contributed by atoms with E-state index in [0.29, 0.717) is 11.4 Å². The quantitative estimate of drug-likeness (QED) is 0.855. The summed E-state index contributed by atoms with van der Waals surface area (Å²) in [4.78, 5) is 31.5. The molecule has 1 N–H and O–H groups in total. The number of carboxylic acids is 1. The van der Waals surface area contributed by atoms with Gasteiger partial charge in [0, 0.05) is 24.3 Å². The summed E-state index contributed by atoms with van der Waals surface area (Å²) >= 11 is 0. The zero-order valence-corrected chi connectivity index (χ0v) is 10.4. The van der Waals surface area contributed by atoms with Gasteiger partial charge < -0.3 is 5.11 Å². The van der Waals surface area contributed by atoms with Crippen molar-refractivity contribution in [3.05, 3.63) is 60.8 Å². The lowest BCUT2D eigenvalue weighted by Crippen LogP contribution is -2.32. The molecule has 0 unspecified atom stereocenters. The number of para-hydroxylation sites is 1. The van der Waals surface area contributed by atoms with Gasteiger partial charge >= 0.3 is 11.9 Å². The van der Waals surface area contributed by atoms with E-state index in [1.54, 1.807) is 30.3 Å². The van der Waals surface area contributed by atoms with Crippen LogP contribution < -0.4 is 4.90 Å². The topological polar surface area (TPSA) is 83.4 Å². The third-order valence-electron chi connectivity index (χ3n) is 2.41. The Morgan fingerprint density at radius 1 is 1.15 bits per heavy atom. The molecule has 1 aromatic carbocycles. The normalized spacial score (nSPS) is 10.4. The number of amides is 1.